The Morgan fingerprint density at radius 3 is 2.70 bits per heavy atom. The zero-order chi connectivity index (χ0) is 15.9. The molecule has 1 aliphatic heterocycles. The second-order valence-electron chi connectivity index (χ2n) is 5.78. The summed E-state index contributed by atoms with van der Waals surface area (Å²) in [6.45, 7) is 3.17. The van der Waals surface area contributed by atoms with Gasteiger partial charge in [0, 0.05) is 37.7 Å². The van der Waals surface area contributed by atoms with Crippen molar-refractivity contribution in [3.05, 3.63) is 48.7 Å². The van der Waals surface area contributed by atoms with Crippen LogP contribution in [0.4, 0.5) is 10.5 Å². The Bertz CT molecular complexity index is 592. The smallest absolute Gasteiger partial charge is 0.315 e. The molecular formula is C17H22N4O2. The second-order valence-corrected chi connectivity index (χ2v) is 5.78. The number of nitrogens with one attached hydrogen (secondary N) is 2. The van der Waals surface area contributed by atoms with Crippen molar-refractivity contribution in [2.75, 3.05) is 24.5 Å². The van der Waals surface area contributed by atoms with E-state index in [0.717, 1.165) is 31.7 Å². The number of hydrogen-bond donors (Lipinski definition) is 2. The molecule has 0 saturated carbocycles. The van der Waals surface area contributed by atoms with Crippen molar-refractivity contribution in [2.24, 2.45) is 5.92 Å². The van der Waals surface area contributed by atoms with E-state index in [-0.39, 0.29) is 6.03 Å². The molecule has 23 heavy (non-hydrogen) atoms. The van der Waals surface area contributed by atoms with Gasteiger partial charge in [-0.25, -0.2) is 4.79 Å². The molecule has 2 amide bonds. The Hall–Kier alpha value is -2.50. The summed E-state index contributed by atoms with van der Waals surface area (Å²) < 4.78 is 5.18. The standard InChI is InChI=1S/C17H22N4O2/c22-17(20-13-16-2-1-11-23-16)19-12-14-5-9-21(10-6-14)15-3-7-18-8-4-15/h1-4,7-8,11,14H,5-6,9-10,12-13H2,(H2,19,20,22). The van der Waals surface area contributed by atoms with Gasteiger partial charge >= 0.3 is 6.03 Å². The Labute approximate surface area is 135 Å². The van der Waals surface area contributed by atoms with Crippen LogP contribution in [0.1, 0.15) is 18.6 Å². The zero-order valence-electron chi connectivity index (χ0n) is 13.1. The van der Waals surface area contributed by atoms with Crippen LogP contribution in [-0.2, 0) is 6.54 Å². The predicted molar refractivity (Wildman–Crippen MR) is 88.1 cm³/mol. The number of carbonyl (C=O) groups is 1. The maximum absolute atomic E-state index is 11.8. The van der Waals surface area contributed by atoms with Gasteiger partial charge in [-0.1, -0.05) is 0 Å². The molecule has 3 rings (SSSR count). The van der Waals surface area contributed by atoms with Crippen LogP contribution in [0.3, 0.4) is 0 Å². The topological polar surface area (TPSA) is 70.4 Å². The summed E-state index contributed by atoms with van der Waals surface area (Å²) in [4.78, 5) is 18.2. The first-order valence-electron chi connectivity index (χ1n) is 8.00. The fraction of sp³-hybridized carbons (Fsp3) is 0.412. The number of carbonyl (C=O) groups excluding carboxylic acids is 1. The van der Waals surface area contributed by atoms with E-state index in [4.69, 9.17) is 4.42 Å². The normalized spacial score (nSPS) is 15.4. The van der Waals surface area contributed by atoms with Gasteiger partial charge in [0.2, 0.25) is 0 Å². The lowest BCUT2D eigenvalue weighted by Gasteiger charge is -2.33. The van der Waals surface area contributed by atoms with Gasteiger partial charge in [0.25, 0.3) is 0 Å². The van der Waals surface area contributed by atoms with Crippen LogP contribution in [0.25, 0.3) is 0 Å². The fourth-order valence-corrected chi connectivity index (χ4v) is 2.83. The van der Waals surface area contributed by atoms with Gasteiger partial charge in [0.15, 0.2) is 0 Å². The summed E-state index contributed by atoms with van der Waals surface area (Å²) in [5.74, 6) is 1.29. The minimum absolute atomic E-state index is 0.141. The summed E-state index contributed by atoms with van der Waals surface area (Å²) >= 11 is 0. The highest BCUT2D eigenvalue weighted by atomic mass is 16.3. The van der Waals surface area contributed by atoms with Gasteiger partial charge in [0.1, 0.15) is 5.76 Å². The van der Waals surface area contributed by atoms with E-state index in [9.17, 15) is 4.79 Å². The molecule has 2 aromatic rings. The maximum atomic E-state index is 11.8. The highest BCUT2D eigenvalue weighted by Crippen LogP contribution is 2.22. The number of urea groups is 1. The number of rotatable bonds is 5. The first-order valence-corrected chi connectivity index (χ1v) is 8.00. The third-order valence-electron chi connectivity index (χ3n) is 4.20. The van der Waals surface area contributed by atoms with Crippen molar-refractivity contribution in [3.8, 4) is 0 Å². The number of aromatic nitrogens is 1. The Morgan fingerprint density at radius 1 is 1.22 bits per heavy atom. The van der Waals surface area contributed by atoms with Crippen LogP contribution in [-0.4, -0.2) is 30.6 Å². The third-order valence-corrected chi connectivity index (χ3v) is 4.20. The van der Waals surface area contributed by atoms with Crippen LogP contribution < -0.4 is 15.5 Å². The molecule has 2 N–H and O–H groups in total. The minimum Gasteiger partial charge on any atom is -0.467 e. The molecule has 0 radical (unpaired) electrons. The zero-order valence-corrected chi connectivity index (χ0v) is 13.1. The van der Waals surface area contributed by atoms with Crippen LogP contribution in [0.15, 0.2) is 47.3 Å². The first-order chi connectivity index (χ1) is 11.3. The molecule has 2 aromatic heterocycles. The number of amides is 2. The van der Waals surface area contributed by atoms with E-state index in [1.807, 2.05) is 36.7 Å². The Balaban J connectivity index is 1.35. The maximum Gasteiger partial charge on any atom is 0.315 e. The first kappa shape index (κ1) is 15.4. The highest BCUT2D eigenvalue weighted by molar-refractivity contribution is 5.73. The fourth-order valence-electron chi connectivity index (χ4n) is 2.83. The third kappa shape index (κ3) is 4.48. The van der Waals surface area contributed by atoms with E-state index in [2.05, 4.69) is 20.5 Å². The van der Waals surface area contributed by atoms with Gasteiger partial charge in [-0.3, -0.25) is 4.98 Å². The SMILES string of the molecule is O=C(NCc1ccco1)NCC1CCN(c2ccncc2)CC1. The molecule has 0 atom stereocenters. The molecule has 1 saturated heterocycles. The predicted octanol–water partition coefficient (Wildman–Crippen LogP) is 2.39. The molecule has 0 aromatic carbocycles. The molecule has 1 fully saturated rings. The minimum atomic E-state index is -0.141. The van der Waals surface area contributed by atoms with E-state index >= 15 is 0 Å². The monoisotopic (exact) mass is 314 g/mol. The average Bonchev–Trinajstić information content (AvgIpc) is 3.13. The van der Waals surface area contributed by atoms with Crippen molar-refractivity contribution in [2.45, 2.75) is 19.4 Å². The lowest BCUT2D eigenvalue weighted by atomic mass is 9.96. The largest absolute Gasteiger partial charge is 0.467 e. The van der Waals surface area contributed by atoms with E-state index in [1.54, 1.807) is 6.26 Å². The van der Waals surface area contributed by atoms with Gasteiger partial charge < -0.3 is 20.0 Å². The summed E-state index contributed by atoms with van der Waals surface area (Å²) in [5.41, 5.74) is 1.22. The average molecular weight is 314 g/mol. The van der Waals surface area contributed by atoms with Crippen LogP contribution >= 0.6 is 0 Å². The molecule has 6 nitrogen and oxygen atoms in total. The molecule has 122 valence electrons. The lowest BCUT2D eigenvalue weighted by molar-refractivity contribution is 0.236. The molecule has 0 aliphatic carbocycles. The van der Waals surface area contributed by atoms with Crippen LogP contribution in [0, 0.1) is 5.92 Å². The van der Waals surface area contributed by atoms with E-state index in [0.29, 0.717) is 19.0 Å². The van der Waals surface area contributed by atoms with Gasteiger partial charge in [0.05, 0.1) is 12.8 Å². The highest BCUT2D eigenvalue weighted by Gasteiger charge is 2.19. The van der Waals surface area contributed by atoms with E-state index < -0.39 is 0 Å². The van der Waals surface area contributed by atoms with Gasteiger partial charge in [-0.2, -0.15) is 0 Å². The number of hydrogen-bond acceptors (Lipinski definition) is 4. The molecule has 3 heterocycles. The van der Waals surface area contributed by atoms with Crippen molar-refractivity contribution in [3.63, 3.8) is 0 Å². The quantitative estimate of drug-likeness (QED) is 0.889. The number of nitrogens with zero attached hydrogens (tertiary/aromatic N) is 2. The number of anilines is 1. The summed E-state index contributed by atoms with van der Waals surface area (Å²) in [6.07, 6.45) is 7.42. The van der Waals surface area contributed by atoms with Crippen molar-refractivity contribution >= 4 is 11.7 Å². The molecule has 0 spiro atoms. The molecule has 1 aliphatic rings. The number of piperidine rings is 1. The Morgan fingerprint density at radius 2 is 2.00 bits per heavy atom. The number of pyridine rings is 1. The Kier molecular flexibility index (Phi) is 5.13. The van der Waals surface area contributed by atoms with Gasteiger partial charge in [-0.15, -0.1) is 0 Å². The molecule has 0 bridgehead atoms. The van der Waals surface area contributed by atoms with Crippen LogP contribution in [0.5, 0.6) is 0 Å². The van der Waals surface area contributed by atoms with Crippen molar-refractivity contribution < 1.29 is 9.21 Å². The lowest BCUT2D eigenvalue weighted by Crippen LogP contribution is -2.41. The molecular weight excluding hydrogens is 292 g/mol. The summed E-state index contributed by atoms with van der Waals surface area (Å²) in [6, 6.07) is 7.60. The number of furan rings is 1. The van der Waals surface area contributed by atoms with Gasteiger partial charge in [-0.05, 0) is 43.0 Å². The van der Waals surface area contributed by atoms with Crippen molar-refractivity contribution in [1.29, 1.82) is 0 Å². The second kappa shape index (κ2) is 7.67. The van der Waals surface area contributed by atoms with Crippen LogP contribution in [0.2, 0.25) is 0 Å². The van der Waals surface area contributed by atoms with E-state index in [1.165, 1.54) is 5.69 Å². The van der Waals surface area contributed by atoms with Crippen molar-refractivity contribution in [1.82, 2.24) is 15.6 Å². The summed E-state index contributed by atoms with van der Waals surface area (Å²) in [5, 5.41) is 5.75. The molecule has 6 heteroatoms. The summed E-state index contributed by atoms with van der Waals surface area (Å²) in [7, 11) is 0. The molecule has 0 unspecified atom stereocenters.